The molecule has 0 amide bonds. The highest BCUT2D eigenvalue weighted by Crippen LogP contribution is 2.24. The number of hydrogen-bond acceptors (Lipinski definition) is 5. The second-order valence-electron chi connectivity index (χ2n) is 2.79. The summed E-state index contributed by atoms with van der Waals surface area (Å²) < 4.78 is 35.5. The average Bonchev–Trinajstić information content (AvgIpc) is 2.17. The number of carbonyl (C=O) groups is 1. The largest absolute Gasteiger partial charge is 0.394 e. The minimum atomic E-state index is -4.56. The van der Waals surface area contributed by atoms with Crippen LogP contribution in [0.3, 0.4) is 0 Å². The van der Waals surface area contributed by atoms with Crippen molar-refractivity contribution in [1.29, 1.82) is 0 Å². The third-order valence-corrected chi connectivity index (χ3v) is 3.28. The van der Waals surface area contributed by atoms with E-state index in [1.54, 1.807) is 18.2 Å². The Morgan fingerprint density at radius 3 is 2.38 bits per heavy atom. The van der Waals surface area contributed by atoms with Gasteiger partial charge in [-0.2, -0.15) is 8.42 Å². The van der Waals surface area contributed by atoms with Gasteiger partial charge in [-0.15, -0.1) is 0 Å². The Labute approximate surface area is 99.1 Å². The van der Waals surface area contributed by atoms with Crippen LogP contribution < -0.4 is 0 Å². The molecule has 0 heterocycles. The summed E-state index contributed by atoms with van der Waals surface area (Å²) in [6, 6.07) is 7.56. The SMILES string of the molecule is O=C(OP=S)C(c1ccccc1)S(=O)(=O)O. The van der Waals surface area contributed by atoms with Gasteiger partial charge in [0.25, 0.3) is 10.1 Å². The average molecular weight is 278 g/mol. The monoisotopic (exact) mass is 278 g/mol. The lowest BCUT2D eigenvalue weighted by molar-refractivity contribution is -0.133. The molecule has 0 aliphatic rings. The number of carbonyl (C=O) groups excluding carboxylic acids is 1. The fraction of sp³-hybridized carbons (Fsp3) is 0.125. The number of rotatable bonds is 4. The summed E-state index contributed by atoms with van der Waals surface area (Å²) in [7, 11) is -4.70. The van der Waals surface area contributed by atoms with E-state index in [9.17, 15) is 13.2 Å². The van der Waals surface area contributed by atoms with Crippen LogP contribution >= 0.6 is 7.58 Å². The fourth-order valence-corrected chi connectivity index (χ4v) is 2.41. The van der Waals surface area contributed by atoms with Crippen molar-refractivity contribution in [2.45, 2.75) is 5.25 Å². The van der Waals surface area contributed by atoms with E-state index in [-0.39, 0.29) is 13.1 Å². The highest BCUT2D eigenvalue weighted by atomic mass is 32.4. The second kappa shape index (κ2) is 5.45. The van der Waals surface area contributed by atoms with E-state index in [0.717, 1.165) is 0 Å². The van der Waals surface area contributed by atoms with Gasteiger partial charge in [0.15, 0.2) is 0 Å². The van der Waals surface area contributed by atoms with Gasteiger partial charge >= 0.3 is 5.97 Å². The van der Waals surface area contributed by atoms with Crippen molar-refractivity contribution in [3.63, 3.8) is 0 Å². The van der Waals surface area contributed by atoms with Crippen LogP contribution in [0.5, 0.6) is 0 Å². The van der Waals surface area contributed by atoms with Gasteiger partial charge in [0.2, 0.25) is 12.8 Å². The standard InChI is InChI=1S/C8H7O5PS2/c9-8(13-14-15)7(16(10,11)12)6-4-2-1-3-5-6/h1-5,7H,(H,10,11,12). The smallest absolute Gasteiger partial charge is 0.340 e. The van der Waals surface area contributed by atoms with Crippen LogP contribution in [-0.4, -0.2) is 18.9 Å². The molecular weight excluding hydrogens is 271 g/mol. The molecule has 1 N–H and O–H groups in total. The van der Waals surface area contributed by atoms with Crippen LogP contribution in [-0.2, 0) is 31.2 Å². The molecule has 1 rings (SSSR count). The summed E-state index contributed by atoms with van der Waals surface area (Å²) in [6.07, 6.45) is 0. The topological polar surface area (TPSA) is 80.7 Å². The zero-order valence-electron chi connectivity index (χ0n) is 7.81. The second-order valence-corrected chi connectivity index (χ2v) is 5.07. The van der Waals surface area contributed by atoms with Crippen LogP contribution in [0.2, 0.25) is 0 Å². The highest BCUT2D eigenvalue weighted by molar-refractivity contribution is 7.94. The van der Waals surface area contributed by atoms with E-state index in [0.29, 0.717) is 0 Å². The Balaban J connectivity index is 3.17. The highest BCUT2D eigenvalue weighted by Gasteiger charge is 2.34. The molecule has 0 aliphatic heterocycles. The number of benzene rings is 1. The van der Waals surface area contributed by atoms with E-state index in [1.165, 1.54) is 12.1 Å². The summed E-state index contributed by atoms with van der Waals surface area (Å²) in [4.78, 5) is 11.4. The normalized spacial score (nSPS) is 13.3. The van der Waals surface area contributed by atoms with Gasteiger partial charge in [-0.25, -0.2) is 4.79 Å². The fourth-order valence-electron chi connectivity index (χ4n) is 1.14. The lowest BCUT2D eigenvalue weighted by atomic mass is 10.1. The minimum absolute atomic E-state index is 0.133. The Morgan fingerprint density at radius 2 is 1.94 bits per heavy atom. The quantitative estimate of drug-likeness (QED) is 0.663. The van der Waals surface area contributed by atoms with E-state index >= 15 is 0 Å². The summed E-state index contributed by atoms with van der Waals surface area (Å²) >= 11 is 4.37. The Kier molecular flexibility index (Phi) is 4.49. The minimum Gasteiger partial charge on any atom is -0.394 e. The van der Waals surface area contributed by atoms with Gasteiger partial charge in [0.1, 0.15) is 0 Å². The van der Waals surface area contributed by atoms with Crippen molar-refractivity contribution in [3.05, 3.63) is 35.9 Å². The first kappa shape index (κ1) is 13.2. The summed E-state index contributed by atoms with van der Waals surface area (Å²) in [6.45, 7) is 0. The van der Waals surface area contributed by atoms with E-state index < -0.39 is 21.3 Å². The molecule has 86 valence electrons. The molecule has 0 bridgehead atoms. The molecule has 0 saturated carbocycles. The lowest BCUT2D eigenvalue weighted by Gasteiger charge is -2.10. The predicted molar refractivity (Wildman–Crippen MR) is 61.1 cm³/mol. The molecule has 0 aliphatic carbocycles. The van der Waals surface area contributed by atoms with E-state index in [1.807, 2.05) is 0 Å². The summed E-state index contributed by atoms with van der Waals surface area (Å²) in [5.41, 5.74) is 0.133. The van der Waals surface area contributed by atoms with Crippen molar-refractivity contribution in [2.75, 3.05) is 0 Å². The molecule has 0 saturated heterocycles. The molecule has 0 spiro atoms. The van der Waals surface area contributed by atoms with Gasteiger partial charge < -0.3 is 4.52 Å². The first-order valence-electron chi connectivity index (χ1n) is 4.01. The molecule has 1 atom stereocenters. The van der Waals surface area contributed by atoms with Gasteiger partial charge in [0.05, 0.1) is 0 Å². The molecule has 16 heavy (non-hydrogen) atoms. The van der Waals surface area contributed by atoms with Crippen LogP contribution in [0.15, 0.2) is 30.3 Å². The molecule has 1 aromatic carbocycles. The van der Waals surface area contributed by atoms with Gasteiger partial charge in [0, 0.05) is 0 Å². The maximum absolute atomic E-state index is 11.4. The van der Waals surface area contributed by atoms with Crippen LogP contribution in [0.4, 0.5) is 0 Å². The lowest BCUT2D eigenvalue weighted by Crippen LogP contribution is -2.21. The maximum atomic E-state index is 11.4. The van der Waals surface area contributed by atoms with Crippen molar-refractivity contribution in [3.8, 4) is 0 Å². The van der Waals surface area contributed by atoms with Crippen LogP contribution in [0.25, 0.3) is 0 Å². The number of hydrogen-bond donors (Lipinski definition) is 1. The molecule has 8 heteroatoms. The van der Waals surface area contributed by atoms with Crippen molar-refractivity contribution >= 4 is 35.5 Å². The van der Waals surface area contributed by atoms with Crippen LogP contribution in [0.1, 0.15) is 10.8 Å². The van der Waals surface area contributed by atoms with Gasteiger partial charge in [-0.3, -0.25) is 4.55 Å². The first-order valence-corrected chi connectivity index (χ1v) is 7.34. The Bertz CT molecular complexity index is 484. The Hall–Kier alpha value is -0.880. The first-order chi connectivity index (χ1) is 7.46. The third kappa shape index (κ3) is 3.31. The molecule has 0 aromatic heterocycles. The van der Waals surface area contributed by atoms with Gasteiger partial charge in [-0.1, -0.05) is 30.3 Å². The molecule has 0 fully saturated rings. The summed E-state index contributed by atoms with van der Waals surface area (Å²) in [5.74, 6) is -1.09. The zero-order chi connectivity index (χ0) is 12.2. The third-order valence-electron chi connectivity index (χ3n) is 1.74. The Morgan fingerprint density at radius 1 is 1.38 bits per heavy atom. The van der Waals surface area contributed by atoms with Crippen molar-refractivity contribution < 1.29 is 22.3 Å². The maximum Gasteiger partial charge on any atom is 0.340 e. The van der Waals surface area contributed by atoms with Crippen molar-refractivity contribution in [2.24, 2.45) is 0 Å². The van der Waals surface area contributed by atoms with E-state index in [4.69, 9.17) is 4.55 Å². The summed E-state index contributed by atoms with van der Waals surface area (Å²) in [5, 5.41) is -1.75. The van der Waals surface area contributed by atoms with E-state index in [2.05, 4.69) is 16.3 Å². The molecule has 1 aromatic rings. The molecule has 1 unspecified atom stereocenters. The molecule has 5 nitrogen and oxygen atoms in total. The molecular formula is C8H7O5PS2. The zero-order valence-corrected chi connectivity index (χ0v) is 10.3. The van der Waals surface area contributed by atoms with Crippen molar-refractivity contribution in [1.82, 2.24) is 0 Å². The van der Waals surface area contributed by atoms with Gasteiger partial charge in [-0.05, 0) is 17.4 Å². The van der Waals surface area contributed by atoms with Crippen LogP contribution in [0, 0.1) is 0 Å². The molecule has 0 radical (unpaired) electrons. The predicted octanol–water partition coefficient (Wildman–Crippen LogP) is 1.48.